The first kappa shape index (κ1) is 18.4. The Balaban J connectivity index is 1.51. The van der Waals surface area contributed by atoms with Crippen molar-refractivity contribution >= 4 is 18.0 Å². The molecule has 2 amide bonds. The van der Waals surface area contributed by atoms with Crippen LogP contribution >= 0.6 is 0 Å². The minimum atomic E-state index is -0.736. The number of esters is 1. The molecular formula is C21H16N2O6. The van der Waals surface area contributed by atoms with Crippen LogP contribution < -0.4 is 0 Å². The Bertz CT molecular complexity index is 1060. The lowest BCUT2D eigenvalue weighted by atomic mass is 10.1. The molecule has 0 unspecified atom stereocenters. The predicted molar refractivity (Wildman–Crippen MR) is 101 cm³/mol. The van der Waals surface area contributed by atoms with Crippen molar-refractivity contribution in [3.63, 3.8) is 0 Å². The van der Waals surface area contributed by atoms with Crippen LogP contribution in [0.5, 0.6) is 0 Å². The van der Waals surface area contributed by atoms with Crippen LogP contribution in [0.4, 0.5) is 4.79 Å². The van der Waals surface area contributed by atoms with Gasteiger partial charge in [0.2, 0.25) is 5.89 Å². The molecule has 0 spiro atoms. The van der Waals surface area contributed by atoms with Crippen LogP contribution in [0, 0.1) is 0 Å². The lowest BCUT2D eigenvalue weighted by Crippen LogP contribution is -2.35. The lowest BCUT2D eigenvalue weighted by molar-refractivity contribution is -0.131. The largest absolute Gasteiger partial charge is 0.452 e. The van der Waals surface area contributed by atoms with Crippen LogP contribution in [-0.4, -0.2) is 47.6 Å². The highest BCUT2D eigenvalue weighted by Crippen LogP contribution is 2.28. The van der Waals surface area contributed by atoms with Crippen molar-refractivity contribution in [1.29, 1.82) is 0 Å². The summed E-state index contributed by atoms with van der Waals surface area (Å²) in [5.74, 6) is -0.542. The Hall–Kier alpha value is -3.94. The van der Waals surface area contributed by atoms with E-state index in [1.165, 1.54) is 0 Å². The summed E-state index contributed by atoms with van der Waals surface area (Å²) in [6, 6.07) is 16.1. The normalized spacial score (nSPS) is 13.2. The molecule has 2 heterocycles. The zero-order chi connectivity index (χ0) is 20.2. The number of carbonyl (C=O) groups is 3. The molecule has 1 aliphatic heterocycles. The molecule has 4 rings (SSSR count). The van der Waals surface area contributed by atoms with Gasteiger partial charge in [0.05, 0.1) is 23.9 Å². The maximum absolute atomic E-state index is 12.5. The molecule has 29 heavy (non-hydrogen) atoms. The van der Waals surface area contributed by atoms with Crippen molar-refractivity contribution in [1.82, 2.24) is 9.88 Å². The summed E-state index contributed by atoms with van der Waals surface area (Å²) < 4.78 is 15.6. The molecule has 1 aliphatic rings. The molecule has 1 aromatic heterocycles. The number of hydrogen-bond acceptors (Lipinski definition) is 7. The second-order valence-corrected chi connectivity index (χ2v) is 6.18. The Morgan fingerprint density at radius 3 is 2.59 bits per heavy atom. The maximum Gasteiger partial charge on any atom is 0.416 e. The van der Waals surface area contributed by atoms with E-state index in [2.05, 4.69) is 4.98 Å². The highest BCUT2D eigenvalue weighted by atomic mass is 16.6. The number of nitrogens with zero attached hydrogens (tertiary/aromatic N) is 2. The SMILES string of the molecule is O=C(OCC(=O)N1CCOC1=O)c1ccccc1-c1ncc(-c2ccccc2)o1. The van der Waals surface area contributed by atoms with E-state index in [-0.39, 0.29) is 24.6 Å². The van der Waals surface area contributed by atoms with Crippen molar-refractivity contribution in [2.24, 2.45) is 0 Å². The zero-order valence-electron chi connectivity index (χ0n) is 15.2. The highest BCUT2D eigenvalue weighted by Gasteiger charge is 2.29. The van der Waals surface area contributed by atoms with E-state index in [9.17, 15) is 14.4 Å². The molecule has 0 saturated carbocycles. The summed E-state index contributed by atoms with van der Waals surface area (Å²) >= 11 is 0. The van der Waals surface area contributed by atoms with Crippen molar-refractivity contribution in [3.8, 4) is 22.8 Å². The van der Waals surface area contributed by atoms with Gasteiger partial charge in [0.15, 0.2) is 12.4 Å². The van der Waals surface area contributed by atoms with Crippen LogP contribution in [0.15, 0.2) is 65.2 Å². The number of rotatable bonds is 5. The molecule has 8 nitrogen and oxygen atoms in total. The smallest absolute Gasteiger partial charge is 0.416 e. The molecule has 0 N–H and O–H groups in total. The van der Waals surface area contributed by atoms with Crippen molar-refractivity contribution in [3.05, 3.63) is 66.4 Å². The fourth-order valence-corrected chi connectivity index (χ4v) is 2.89. The van der Waals surface area contributed by atoms with Crippen molar-refractivity contribution in [2.75, 3.05) is 19.8 Å². The minimum absolute atomic E-state index is 0.134. The standard InChI is InChI=1S/C21H16N2O6/c24-18(23-10-11-27-21(23)26)13-28-20(25)16-9-5-4-8-15(16)19-22-12-17(29-19)14-6-2-1-3-7-14/h1-9,12H,10-11,13H2. The van der Waals surface area contributed by atoms with E-state index in [0.29, 0.717) is 11.3 Å². The fraction of sp³-hybridized carbons (Fsp3) is 0.143. The Kier molecular flexibility index (Phi) is 5.07. The second-order valence-electron chi connectivity index (χ2n) is 6.18. The van der Waals surface area contributed by atoms with Gasteiger partial charge >= 0.3 is 12.1 Å². The maximum atomic E-state index is 12.5. The van der Waals surface area contributed by atoms with Gasteiger partial charge in [-0.1, -0.05) is 42.5 Å². The number of aromatic nitrogens is 1. The monoisotopic (exact) mass is 392 g/mol. The molecule has 0 radical (unpaired) electrons. The second kappa shape index (κ2) is 7.97. The van der Waals surface area contributed by atoms with E-state index in [4.69, 9.17) is 13.9 Å². The molecular weight excluding hydrogens is 376 g/mol. The number of hydrogen-bond donors (Lipinski definition) is 0. The van der Waals surface area contributed by atoms with Crippen molar-refractivity contribution < 1.29 is 28.3 Å². The number of imide groups is 1. The highest BCUT2D eigenvalue weighted by molar-refractivity contribution is 5.99. The van der Waals surface area contributed by atoms with Gasteiger partial charge in [0.25, 0.3) is 5.91 Å². The third kappa shape index (κ3) is 3.86. The van der Waals surface area contributed by atoms with Gasteiger partial charge in [0, 0.05) is 5.56 Å². The molecule has 0 atom stereocenters. The van der Waals surface area contributed by atoms with E-state index in [1.54, 1.807) is 30.5 Å². The number of carbonyl (C=O) groups excluding carboxylic acids is 3. The van der Waals surface area contributed by atoms with E-state index < -0.39 is 24.6 Å². The quantitative estimate of drug-likeness (QED) is 0.615. The number of ether oxygens (including phenoxy) is 2. The Morgan fingerprint density at radius 2 is 1.83 bits per heavy atom. The van der Waals surface area contributed by atoms with E-state index in [0.717, 1.165) is 10.5 Å². The van der Waals surface area contributed by atoms with Gasteiger partial charge in [-0.25, -0.2) is 19.5 Å². The molecule has 146 valence electrons. The molecule has 8 heteroatoms. The molecule has 0 aliphatic carbocycles. The van der Waals surface area contributed by atoms with Crippen molar-refractivity contribution in [2.45, 2.75) is 0 Å². The van der Waals surface area contributed by atoms with Crippen LogP contribution in [0.2, 0.25) is 0 Å². The summed E-state index contributed by atoms with van der Waals surface area (Å²) in [7, 11) is 0. The van der Waals surface area contributed by atoms with Gasteiger partial charge in [-0.15, -0.1) is 0 Å². The molecule has 0 bridgehead atoms. The van der Waals surface area contributed by atoms with Gasteiger partial charge < -0.3 is 13.9 Å². The van der Waals surface area contributed by atoms with Crippen LogP contribution in [0.1, 0.15) is 10.4 Å². The Morgan fingerprint density at radius 1 is 1.07 bits per heavy atom. The van der Waals surface area contributed by atoms with E-state index >= 15 is 0 Å². The summed E-state index contributed by atoms with van der Waals surface area (Å²) in [5, 5.41) is 0. The summed E-state index contributed by atoms with van der Waals surface area (Å²) in [6.45, 7) is -0.289. The third-order valence-corrected chi connectivity index (χ3v) is 4.33. The van der Waals surface area contributed by atoms with Gasteiger partial charge in [-0.05, 0) is 12.1 Å². The van der Waals surface area contributed by atoms with Gasteiger partial charge in [-0.2, -0.15) is 0 Å². The molecule has 1 fully saturated rings. The first-order valence-corrected chi connectivity index (χ1v) is 8.88. The zero-order valence-corrected chi connectivity index (χ0v) is 15.2. The number of benzene rings is 2. The lowest BCUT2D eigenvalue weighted by Gasteiger charge is -2.11. The van der Waals surface area contributed by atoms with Crippen LogP contribution in [-0.2, 0) is 14.3 Å². The minimum Gasteiger partial charge on any atom is -0.452 e. The van der Waals surface area contributed by atoms with Gasteiger partial charge in [0.1, 0.15) is 6.61 Å². The van der Waals surface area contributed by atoms with Crippen LogP contribution in [0.3, 0.4) is 0 Å². The molecule has 2 aromatic carbocycles. The summed E-state index contributed by atoms with van der Waals surface area (Å²) in [5.41, 5.74) is 1.49. The summed E-state index contributed by atoms with van der Waals surface area (Å²) in [6.07, 6.45) is 0.842. The number of amides is 2. The average molecular weight is 392 g/mol. The Labute approximate surface area is 165 Å². The number of cyclic esters (lactones) is 1. The molecule has 1 saturated heterocycles. The fourth-order valence-electron chi connectivity index (χ4n) is 2.89. The third-order valence-electron chi connectivity index (χ3n) is 4.33. The average Bonchev–Trinajstić information content (AvgIpc) is 3.42. The molecule has 3 aromatic rings. The van der Waals surface area contributed by atoms with Crippen LogP contribution in [0.25, 0.3) is 22.8 Å². The first-order valence-electron chi connectivity index (χ1n) is 8.88. The number of oxazole rings is 1. The topological polar surface area (TPSA) is 98.9 Å². The van der Waals surface area contributed by atoms with Gasteiger partial charge in [-0.3, -0.25) is 4.79 Å². The summed E-state index contributed by atoms with van der Waals surface area (Å²) in [4.78, 5) is 41.1. The predicted octanol–water partition coefficient (Wildman–Crippen LogP) is 3.14. The van der Waals surface area contributed by atoms with E-state index in [1.807, 2.05) is 30.3 Å². The first-order chi connectivity index (χ1) is 14.1.